The van der Waals surface area contributed by atoms with Crippen molar-refractivity contribution in [3.05, 3.63) is 0 Å². The zero-order chi connectivity index (χ0) is 24.2. The molecule has 0 aliphatic rings. The van der Waals surface area contributed by atoms with Crippen LogP contribution in [-0.4, -0.2) is 25.2 Å². The number of rotatable bonds is 28. The van der Waals surface area contributed by atoms with Crippen LogP contribution in [-0.2, 0) is 0 Å². The number of nitrogens with one attached hydrogen (secondary N) is 1. The molecule has 2 atom stereocenters. The van der Waals surface area contributed by atoms with Crippen molar-refractivity contribution in [3.8, 4) is 0 Å². The molecule has 0 aliphatic heterocycles. The molecule has 0 fully saturated rings. The van der Waals surface area contributed by atoms with Gasteiger partial charge in [0.15, 0.2) is 0 Å². The molecule has 0 aromatic rings. The van der Waals surface area contributed by atoms with E-state index < -0.39 is 0 Å². The summed E-state index contributed by atoms with van der Waals surface area (Å²) in [6.45, 7) is 6.24. The third-order valence-electron chi connectivity index (χ3n) is 7.30. The quantitative estimate of drug-likeness (QED) is 0.101. The summed E-state index contributed by atoms with van der Waals surface area (Å²) in [6.07, 6.45) is 32.9. The molecule has 3 nitrogen and oxygen atoms in total. The Kier molecular flexibility index (Phi) is 28.0. The van der Waals surface area contributed by atoms with Gasteiger partial charge in [0, 0.05) is 12.1 Å². The van der Waals surface area contributed by atoms with E-state index in [-0.39, 0.29) is 0 Å². The van der Waals surface area contributed by atoms with E-state index >= 15 is 0 Å². The molecule has 0 aliphatic carbocycles. The van der Waals surface area contributed by atoms with E-state index in [1.54, 1.807) is 0 Å². The summed E-state index contributed by atoms with van der Waals surface area (Å²) in [5.41, 5.74) is 11.7. The molecule has 5 N–H and O–H groups in total. The first-order chi connectivity index (χ1) is 16.3. The fraction of sp³-hybridized carbons (Fsp3) is 1.00. The maximum atomic E-state index is 5.85. The first-order valence-electron chi connectivity index (χ1n) is 15.4. The lowest BCUT2D eigenvalue weighted by Gasteiger charge is -2.26. The lowest BCUT2D eigenvalue weighted by atomic mass is 9.97. The molecule has 0 spiro atoms. The molecule has 0 aromatic heterocycles. The largest absolute Gasteiger partial charge is 0.330 e. The zero-order valence-electron chi connectivity index (χ0n) is 23.2. The minimum Gasteiger partial charge on any atom is -0.330 e. The van der Waals surface area contributed by atoms with Gasteiger partial charge in [-0.3, -0.25) is 0 Å². The van der Waals surface area contributed by atoms with Crippen LogP contribution in [0.2, 0.25) is 0 Å². The topological polar surface area (TPSA) is 64.1 Å². The van der Waals surface area contributed by atoms with Crippen LogP contribution in [0.4, 0.5) is 0 Å². The second kappa shape index (κ2) is 28.1. The van der Waals surface area contributed by atoms with Gasteiger partial charge in [-0.25, -0.2) is 0 Å². The van der Waals surface area contributed by atoms with Crippen LogP contribution < -0.4 is 16.8 Å². The van der Waals surface area contributed by atoms with Crippen LogP contribution in [0.1, 0.15) is 168 Å². The van der Waals surface area contributed by atoms with E-state index in [0.29, 0.717) is 12.1 Å². The minimum absolute atomic E-state index is 0.652. The third-order valence-corrected chi connectivity index (χ3v) is 7.30. The van der Waals surface area contributed by atoms with E-state index in [4.69, 9.17) is 11.5 Å². The van der Waals surface area contributed by atoms with Crippen molar-refractivity contribution in [2.45, 2.75) is 180 Å². The number of hydrogen-bond donors (Lipinski definition) is 3. The van der Waals surface area contributed by atoms with Crippen LogP contribution >= 0.6 is 0 Å². The highest BCUT2D eigenvalue weighted by Crippen LogP contribution is 2.17. The van der Waals surface area contributed by atoms with Crippen molar-refractivity contribution in [1.29, 1.82) is 0 Å². The van der Waals surface area contributed by atoms with Crippen molar-refractivity contribution >= 4 is 0 Å². The van der Waals surface area contributed by atoms with E-state index in [1.807, 2.05) is 0 Å². The van der Waals surface area contributed by atoms with Gasteiger partial charge in [0.25, 0.3) is 0 Å². The van der Waals surface area contributed by atoms with Crippen molar-refractivity contribution in [3.63, 3.8) is 0 Å². The van der Waals surface area contributed by atoms with Crippen molar-refractivity contribution < 1.29 is 0 Å². The molecule has 33 heavy (non-hydrogen) atoms. The zero-order valence-corrected chi connectivity index (χ0v) is 23.2. The summed E-state index contributed by atoms with van der Waals surface area (Å²) in [7, 11) is 0. The highest BCUT2D eigenvalue weighted by atomic mass is 14.9. The number of nitrogens with two attached hydrogens (primary N) is 2. The van der Waals surface area contributed by atoms with E-state index in [0.717, 1.165) is 25.9 Å². The standard InChI is InChI=1S/C30H65N3/c1-3-5-7-9-11-13-15-17-19-23-29(25-21-27-31)33-30(26-22-28-32)24-20-18-16-14-12-10-8-6-4-2/h29-30,33H,3-28,31-32H2,1-2H3. The van der Waals surface area contributed by atoms with Gasteiger partial charge in [-0.1, -0.05) is 129 Å². The lowest BCUT2D eigenvalue weighted by Crippen LogP contribution is -2.39. The lowest BCUT2D eigenvalue weighted by molar-refractivity contribution is 0.336. The van der Waals surface area contributed by atoms with Gasteiger partial charge < -0.3 is 16.8 Å². The smallest absolute Gasteiger partial charge is 0.00701 e. The molecule has 0 bridgehead atoms. The van der Waals surface area contributed by atoms with Gasteiger partial charge in [-0.15, -0.1) is 0 Å². The maximum absolute atomic E-state index is 5.85. The average molecular weight is 468 g/mol. The first kappa shape index (κ1) is 32.9. The van der Waals surface area contributed by atoms with Crippen LogP contribution in [0, 0.1) is 0 Å². The minimum atomic E-state index is 0.652. The summed E-state index contributed by atoms with van der Waals surface area (Å²) in [5, 5.41) is 4.06. The normalized spacial score (nSPS) is 13.5. The second-order valence-corrected chi connectivity index (χ2v) is 10.7. The average Bonchev–Trinajstić information content (AvgIpc) is 2.83. The van der Waals surface area contributed by atoms with Gasteiger partial charge >= 0.3 is 0 Å². The highest BCUT2D eigenvalue weighted by molar-refractivity contribution is 4.76. The van der Waals surface area contributed by atoms with Gasteiger partial charge in [0.1, 0.15) is 0 Å². The molecule has 2 unspecified atom stereocenters. The molecular weight excluding hydrogens is 402 g/mol. The van der Waals surface area contributed by atoms with E-state index in [9.17, 15) is 0 Å². The van der Waals surface area contributed by atoms with Crippen LogP contribution in [0.25, 0.3) is 0 Å². The molecule has 0 radical (unpaired) electrons. The Morgan fingerprint density at radius 3 is 0.970 bits per heavy atom. The Morgan fingerprint density at radius 1 is 0.394 bits per heavy atom. The fourth-order valence-electron chi connectivity index (χ4n) is 5.09. The maximum Gasteiger partial charge on any atom is 0.00701 e. The third kappa shape index (κ3) is 24.8. The van der Waals surface area contributed by atoms with Crippen LogP contribution in [0.15, 0.2) is 0 Å². The molecule has 3 heteroatoms. The summed E-state index contributed by atoms with van der Waals surface area (Å²) in [5.74, 6) is 0. The van der Waals surface area contributed by atoms with Gasteiger partial charge in [-0.2, -0.15) is 0 Å². The SMILES string of the molecule is CCCCCCCCCCCC(CCCN)NC(CCCN)CCCCCCCCCCC. The number of hydrogen-bond acceptors (Lipinski definition) is 3. The summed E-state index contributed by atoms with van der Waals surface area (Å²) in [6, 6.07) is 1.30. The monoisotopic (exact) mass is 468 g/mol. The Bertz CT molecular complexity index is 315. The molecule has 0 rings (SSSR count). The van der Waals surface area contributed by atoms with Crippen LogP contribution in [0.5, 0.6) is 0 Å². The summed E-state index contributed by atoms with van der Waals surface area (Å²) >= 11 is 0. The van der Waals surface area contributed by atoms with Gasteiger partial charge in [0.2, 0.25) is 0 Å². The highest BCUT2D eigenvalue weighted by Gasteiger charge is 2.15. The molecule has 0 saturated heterocycles. The summed E-state index contributed by atoms with van der Waals surface area (Å²) < 4.78 is 0. The van der Waals surface area contributed by atoms with Gasteiger partial charge in [0.05, 0.1) is 0 Å². The predicted molar refractivity (Wildman–Crippen MR) is 151 cm³/mol. The Balaban J connectivity index is 4.10. The van der Waals surface area contributed by atoms with Crippen molar-refractivity contribution in [1.82, 2.24) is 5.32 Å². The molecular formula is C30H65N3. The predicted octanol–water partition coefficient (Wildman–Crippen LogP) is 8.63. The van der Waals surface area contributed by atoms with Crippen LogP contribution in [0.3, 0.4) is 0 Å². The Morgan fingerprint density at radius 2 is 0.667 bits per heavy atom. The summed E-state index contributed by atoms with van der Waals surface area (Å²) in [4.78, 5) is 0. The molecule has 0 heterocycles. The Labute approximate surface area is 210 Å². The number of unbranched alkanes of at least 4 members (excludes halogenated alkanes) is 16. The van der Waals surface area contributed by atoms with E-state index in [2.05, 4.69) is 19.2 Å². The molecule has 0 amide bonds. The molecule has 0 aromatic carbocycles. The van der Waals surface area contributed by atoms with E-state index in [1.165, 1.54) is 141 Å². The van der Waals surface area contributed by atoms with Gasteiger partial charge in [-0.05, 0) is 51.6 Å². The molecule has 200 valence electrons. The Hall–Kier alpha value is -0.120. The van der Waals surface area contributed by atoms with Crippen molar-refractivity contribution in [2.75, 3.05) is 13.1 Å². The molecule has 0 saturated carbocycles. The fourth-order valence-corrected chi connectivity index (χ4v) is 5.09. The first-order valence-corrected chi connectivity index (χ1v) is 15.4. The van der Waals surface area contributed by atoms with Crippen molar-refractivity contribution in [2.24, 2.45) is 11.5 Å². The second-order valence-electron chi connectivity index (χ2n) is 10.7.